The van der Waals surface area contributed by atoms with Crippen molar-refractivity contribution in [2.45, 2.75) is 115 Å². The van der Waals surface area contributed by atoms with Crippen LogP contribution in [0.5, 0.6) is 0 Å². The van der Waals surface area contributed by atoms with Crippen LogP contribution in [0.2, 0.25) is 0 Å². The van der Waals surface area contributed by atoms with Crippen LogP contribution >= 0.6 is 0 Å². The summed E-state index contributed by atoms with van der Waals surface area (Å²) in [4.78, 5) is 50.7. The fourth-order valence-electron chi connectivity index (χ4n) is 7.02. The predicted octanol–water partition coefficient (Wildman–Crippen LogP) is 7.60. The molecule has 2 N–H and O–H groups in total. The van der Waals surface area contributed by atoms with Gasteiger partial charge in [-0.3, -0.25) is 4.79 Å². The van der Waals surface area contributed by atoms with Gasteiger partial charge in [-0.25, -0.2) is 24.3 Å². The summed E-state index contributed by atoms with van der Waals surface area (Å²) in [6, 6.07) is 16.2. The summed E-state index contributed by atoms with van der Waals surface area (Å²) < 4.78 is 54.9. The SMILES string of the molecule is CC(C)(C)OC(=O)N1C[C@@H](CCC(Nc2cccc(S(=O)(=O)NC(=O)c3ccc(C(C)(C)C)nc3F)n2)C2=CCN(C(=O)OCc3ccccc3)CC2)CC1(C)C. The van der Waals surface area contributed by atoms with Gasteiger partial charge in [0.05, 0.1) is 5.56 Å². The molecule has 2 aromatic heterocycles. The van der Waals surface area contributed by atoms with E-state index in [2.05, 4.69) is 15.3 Å². The van der Waals surface area contributed by atoms with E-state index in [1.54, 1.807) is 15.9 Å². The highest BCUT2D eigenvalue weighted by atomic mass is 32.2. The van der Waals surface area contributed by atoms with Crippen molar-refractivity contribution in [3.05, 3.63) is 95.1 Å². The fourth-order valence-corrected chi connectivity index (χ4v) is 7.96. The quantitative estimate of drug-likeness (QED) is 0.146. The van der Waals surface area contributed by atoms with Crippen LogP contribution in [-0.2, 0) is 31.5 Å². The number of rotatable bonds is 11. The minimum absolute atomic E-state index is 0.160. The Morgan fingerprint density at radius 3 is 2.32 bits per heavy atom. The Balaban J connectivity index is 1.32. The molecule has 57 heavy (non-hydrogen) atoms. The molecule has 1 fully saturated rings. The second-order valence-electron chi connectivity index (χ2n) is 17.3. The van der Waals surface area contributed by atoms with Crippen LogP contribution in [0.25, 0.3) is 0 Å². The van der Waals surface area contributed by atoms with Gasteiger partial charge in [0.1, 0.15) is 18.0 Å². The zero-order valence-electron chi connectivity index (χ0n) is 34.1. The zero-order valence-corrected chi connectivity index (χ0v) is 34.9. The summed E-state index contributed by atoms with van der Waals surface area (Å²) in [6.45, 7) is 16.5. The number of sulfonamides is 1. The van der Waals surface area contributed by atoms with Crippen LogP contribution in [0.4, 0.5) is 19.8 Å². The largest absolute Gasteiger partial charge is 0.445 e. The monoisotopic (exact) mass is 806 g/mol. The molecule has 0 radical (unpaired) electrons. The third-order valence-electron chi connectivity index (χ3n) is 10.0. The first-order valence-corrected chi connectivity index (χ1v) is 20.7. The third kappa shape index (κ3) is 11.5. The number of carbonyl (C=O) groups is 3. The van der Waals surface area contributed by atoms with Gasteiger partial charge in [0.15, 0.2) is 5.03 Å². The topological polar surface area (TPSA) is 160 Å². The number of nitrogens with one attached hydrogen (secondary N) is 2. The molecule has 3 aromatic rings. The maximum absolute atomic E-state index is 14.9. The molecule has 0 bridgehead atoms. The van der Waals surface area contributed by atoms with Gasteiger partial charge in [-0.05, 0) is 102 Å². The summed E-state index contributed by atoms with van der Waals surface area (Å²) in [6.07, 6.45) is 3.83. The van der Waals surface area contributed by atoms with Crippen LogP contribution in [0.1, 0.15) is 103 Å². The molecule has 0 spiro atoms. The summed E-state index contributed by atoms with van der Waals surface area (Å²) >= 11 is 0. The normalized spacial score (nSPS) is 17.7. The molecule has 0 saturated carbocycles. The van der Waals surface area contributed by atoms with Crippen LogP contribution in [0.15, 0.2) is 77.3 Å². The lowest BCUT2D eigenvalue weighted by Gasteiger charge is -2.33. The third-order valence-corrected chi connectivity index (χ3v) is 11.2. The van der Waals surface area contributed by atoms with Crippen molar-refractivity contribution in [3.8, 4) is 0 Å². The first-order valence-electron chi connectivity index (χ1n) is 19.2. The van der Waals surface area contributed by atoms with E-state index in [0.29, 0.717) is 38.2 Å². The second kappa shape index (κ2) is 17.2. The van der Waals surface area contributed by atoms with Gasteiger partial charge >= 0.3 is 12.2 Å². The number of hydrogen-bond acceptors (Lipinski definition) is 10. The van der Waals surface area contributed by atoms with E-state index in [9.17, 15) is 27.2 Å². The van der Waals surface area contributed by atoms with Crippen molar-refractivity contribution >= 4 is 33.9 Å². The molecule has 1 unspecified atom stereocenters. The molecular weight excluding hydrogens is 752 g/mol. The molecule has 1 saturated heterocycles. The average molecular weight is 807 g/mol. The van der Waals surface area contributed by atoms with E-state index >= 15 is 0 Å². The second-order valence-corrected chi connectivity index (χ2v) is 19.0. The minimum Gasteiger partial charge on any atom is -0.445 e. The van der Waals surface area contributed by atoms with Gasteiger partial charge in [0.25, 0.3) is 15.9 Å². The minimum atomic E-state index is -4.52. The van der Waals surface area contributed by atoms with E-state index in [-0.39, 0.29) is 30.5 Å². The highest BCUT2D eigenvalue weighted by molar-refractivity contribution is 7.90. The van der Waals surface area contributed by atoms with Crippen molar-refractivity contribution in [2.24, 2.45) is 5.92 Å². The van der Waals surface area contributed by atoms with Gasteiger partial charge in [0.2, 0.25) is 5.95 Å². The van der Waals surface area contributed by atoms with Gasteiger partial charge in [-0.1, -0.05) is 63.2 Å². The molecule has 4 heterocycles. The molecule has 2 atom stereocenters. The van der Waals surface area contributed by atoms with Crippen molar-refractivity contribution in [1.82, 2.24) is 24.5 Å². The number of anilines is 1. The summed E-state index contributed by atoms with van der Waals surface area (Å²) in [5.41, 5.74) is 0.277. The van der Waals surface area contributed by atoms with Crippen molar-refractivity contribution in [2.75, 3.05) is 25.0 Å². The first kappa shape index (κ1) is 43.1. The molecule has 0 aliphatic carbocycles. The Labute approximate surface area is 335 Å². The van der Waals surface area contributed by atoms with Crippen LogP contribution < -0.4 is 10.0 Å². The van der Waals surface area contributed by atoms with Crippen molar-refractivity contribution in [3.63, 3.8) is 0 Å². The highest BCUT2D eigenvalue weighted by Gasteiger charge is 2.43. The number of hydrogen-bond donors (Lipinski definition) is 2. The van der Waals surface area contributed by atoms with Gasteiger partial charge in [0, 0.05) is 42.3 Å². The molecule has 2 aliphatic heterocycles. The Kier molecular flexibility index (Phi) is 13.0. The van der Waals surface area contributed by atoms with E-state index in [0.717, 1.165) is 24.0 Å². The fraction of sp³-hybridized carbons (Fsp3) is 0.500. The number of carbonyl (C=O) groups excluding carboxylic acids is 3. The standard InChI is InChI=1S/C42H55FN6O7S/c1-40(2,3)33-20-18-31(36(43)45-33)37(50)47-57(53,54)35-16-12-15-34(46-35)44-32(19-17-29-25-42(7,8)49(26-29)39(52)56-41(4,5)6)30-21-23-48(24-22-30)38(51)55-27-28-13-10-9-11-14-28/h9-16,18,20-21,29,32H,17,19,22-27H2,1-8H3,(H,44,46)(H,47,50)/t29-,32?/m0/s1. The molecule has 15 heteroatoms. The van der Waals surface area contributed by atoms with Crippen LogP contribution in [0.3, 0.4) is 0 Å². The molecule has 1 aromatic carbocycles. The average Bonchev–Trinajstić information content (AvgIpc) is 3.45. The maximum atomic E-state index is 14.9. The van der Waals surface area contributed by atoms with Gasteiger partial charge < -0.3 is 24.6 Å². The number of pyridine rings is 2. The van der Waals surface area contributed by atoms with E-state index in [4.69, 9.17) is 9.47 Å². The molecule has 13 nitrogen and oxygen atoms in total. The molecule has 5 rings (SSSR count). The Hall–Kier alpha value is -5.05. The number of ether oxygens (including phenoxy) is 2. The van der Waals surface area contributed by atoms with E-state index < -0.39 is 55.1 Å². The highest BCUT2D eigenvalue weighted by Crippen LogP contribution is 2.37. The maximum Gasteiger partial charge on any atom is 0.410 e. The number of halogens is 1. The number of nitrogens with zero attached hydrogens (tertiary/aromatic N) is 4. The number of amides is 3. The van der Waals surface area contributed by atoms with E-state index in [1.807, 2.05) is 96.5 Å². The molecular formula is C42H55FN6O7S. The molecule has 3 amide bonds. The lowest BCUT2D eigenvalue weighted by atomic mass is 9.89. The van der Waals surface area contributed by atoms with Gasteiger partial charge in [-0.2, -0.15) is 12.8 Å². The first-order chi connectivity index (χ1) is 26.6. The lowest BCUT2D eigenvalue weighted by Crippen LogP contribution is -2.45. The summed E-state index contributed by atoms with van der Waals surface area (Å²) in [5, 5.41) is 2.97. The predicted molar refractivity (Wildman–Crippen MR) is 214 cm³/mol. The Morgan fingerprint density at radius 1 is 0.965 bits per heavy atom. The van der Waals surface area contributed by atoms with Gasteiger partial charge in [-0.15, -0.1) is 0 Å². The van der Waals surface area contributed by atoms with Crippen molar-refractivity contribution < 1.29 is 36.7 Å². The van der Waals surface area contributed by atoms with Crippen molar-refractivity contribution in [1.29, 1.82) is 0 Å². The number of benzene rings is 1. The van der Waals surface area contributed by atoms with Crippen LogP contribution in [-0.4, -0.2) is 83.1 Å². The molecule has 2 aliphatic rings. The summed E-state index contributed by atoms with van der Waals surface area (Å²) in [5.74, 6) is -1.85. The number of likely N-dealkylation sites (tertiary alicyclic amines) is 1. The lowest BCUT2D eigenvalue weighted by molar-refractivity contribution is 0.0130. The van der Waals surface area contributed by atoms with Crippen LogP contribution in [0, 0.1) is 11.9 Å². The smallest absolute Gasteiger partial charge is 0.410 e. The summed E-state index contributed by atoms with van der Waals surface area (Å²) in [7, 11) is -4.52. The Bertz CT molecular complexity index is 2080. The molecule has 308 valence electrons. The van der Waals surface area contributed by atoms with E-state index in [1.165, 1.54) is 24.3 Å². The number of aromatic nitrogens is 2. The zero-order chi connectivity index (χ0) is 41.8. The Morgan fingerprint density at radius 2 is 1.68 bits per heavy atom.